The van der Waals surface area contributed by atoms with Gasteiger partial charge in [-0.3, -0.25) is 4.79 Å². The topological polar surface area (TPSA) is 42.4 Å². The second-order valence-corrected chi connectivity index (χ2v) is 6.21. The highest BCUT2D eigenvalue weighted by molar-refractivity contribution is 7.13. The number of hydrogen-bond donors (Lipinski definition) is 0. The molecule has 1 amide bonds. The van der Waals surface area contributed by atoms with Crippen LogP contribution in [0.1, 0.15) is 12.6 Å². The Balaban J connectivity index is 1.68. The van der Waals surface area contributed by atoms with E-state index in [2.05, 4.69) is 4.98 Å². The number of ether oxygens (including phenoxy) is 1. The molecular weight excluding hydrogens is 303 g/mol. The first kappa shape index (κ1) is 15.1. The molecule has 1 aliphatic heterocycles. The summed E-state index contributed by atoms with van der Waals surface area (Å²) in [6.45, 7) is 3.80. The smallest absolute Gasteiger partial charge is 0.228 e. The summed E-state index contributed by atoms with van der Waals surface area (Å²) >= 11 is 1.43. The Bertz CT molecular complexity index is 674. The van der Waals surface area contributed by atoms with Crippen LogP contribution in [-0.2, 0) is 16.0 Å². The molecular formula is C16H17FN2O2S. The van der Waals surface area contributed by atoms with Gasteiger partial charge >= 0.3 is 0 Å². The highest BCUT2D eigenvalue weighted by Crippen LogP contribution is 2.24. The molecule has 0 bridgehead atoms. The number of thiazole rings is 1. The van der Waals surface area contributed by atoms with Gasteiger partial charge in [-0.25, -0.2) is 9.37 Å². The van der Waals surface area contributed by atoms with Crippen molar-refractivity contribution in [3.8, 4) is 10.6 Å². The summed E-state index contributed by atoms with van der Waals surface area (Å²) in [6, 6.07) is 6.33. The molecule has 6 heteroatoms. The van der Waals surface area contributed by atoms with E-state index in [0.717, 1.165) is 16.3 Å². The molecule has 1 saturated heterocycles. The summed E-state index contributed by atoms with van der Waals surface area (Å²) in [4.78, 5) is 18.6. The Kier molecular flexibility index (Phi) is 4.49. The average Bonchev–Trinajstić information content (AvgIpc) is 2.96. The summed E-state index contributed by atoms with van der Waals surface area (Å²) in [5, 5.41) is 2.60. The van der Waals surface area contributed by atoms with E-state index < -0.39 is 0 Å². The fourth-order valence-electron chi connectivity index (χ4n) is 2.45. The molecule has 0 aliphatic carbocycles. The van der Waals surface area contributed by atoms with Crippen molar-refractivity contribution in [2.75, 3.05) is 19.7 Å². The molecule has 1 atom stereocenters. The molecule has 2 heterocycles. The second kappa shape index (κ2) is 6.54. The number of carbonyl (C=O) groups excluding carboxylic acids is 1. The van der Waals surface area contributed by atoms with E-state index in [4.69, 9.17) is 4.74 Å². The summed E-state index contributed by atoms with van der Waals surface area (Å²) < 4.78 is 18.7. The van der Waals surface area contributed by atoms with Crippen LogP contribution in [0.5, 0.6) is 0 Å². The minimum absolute atomic E-state index is 0.0613. The molecule has 0 spiro atoms. The van der Waals surface area contributed by atoms with Crippen molar-refractivity contribution in [2.24, 2.45) is 0 Å². The van der Waals surface area contributed by atoms with E-state index in [1.165, 1.54) is 23.5 Å². The number of benzene rings is 1. The molecule has 0 N–H and O–H groups in total. The SMILES string of the molecule is CC1CN(C(=O)Cc2csc(-c3cccc(F)c3)n2)CCO1. The van der Waals surface area contributed by atoms with Crippen LogP contribution in [0.15, 0.2) is 29.6 Å². The lowest BCUT2D eigenvalue weighted by atomic mass is 10.2. The minimum atomic E-state index is -0.285. The highest BCUT2D eigenvalue weighted by atomic mass is 32.1. The van der Waals surface area contributed by atoms with Gasteiger partial charge in [0.05, 0.1) is 24.8 Å². The van der Waals surface area contributed by atoms with E-state index in [0.29, 0.717) is 19.7 Å². The number of aromatic nitrogens is 1. The third-order valence-corrected chi connectivity index (χ3v) is 4.49. The van der Waals surface area contributed by atoms with Crippen LogP contribution in [0.2, 0.25) is 0 Å². The number of rotatable bonds is 3. The van der Waals surface area contributed by atoms with E-state index in [9.17, 15) is 9.18 Å². The maximum Gasteiger partial charge on any atom is 0.228 e. The Labute approximate surface area is 132 Å². The van der Waals surface area contributed by atoms with Crippen molar-refractivity contribution in [1.82, 2.24) is 9.88 Å². The van der Waals surface area contributed by atoms with Crippen LogP contribution in [0.25, 0.3) is 10.6 Å². The second-order valence-electron chi connectivity index (χ2n) is 5.35. The molecule has 22 heavy (non-hydrogen) atoms. The zero-order valence-electron chi connectivity index (χ0n) is 12.3. The molecule has 116 valence electrons. The molecule has 0 saturated carbocycles. The average molecular weight is 320 g/mol. The molecule has 1 unspecified atom stereocenters. The lowest BCUT2D eigenvalue weighted by molar-refractivity contribution is -0.137. The highest BCUT2D eigenvalue weighted by Gasteiger charge is 2.22. The maximum absolute atomic E-state index is 13.3. The molecule has 0 radical (unpaired) electrons. The van der Waals surface area contributed by atoms with E-state index in [1.807, 2.05) is 23.3 Å². The summed E-state index contributed by atoms with van der Waals surface area (Å²) in [7, 11) is 0. The van der Waals surface area contributed by atoms with Crippen LogP contribution in [0.3, 0.4) is 0 Å². The Morgan fingerprint density at radius 2 is 2.41 bits per heavy atom. The normalized spacial score (nSPS) is 18.5. The minimum Gasteiger partial charge on any atom is -0.375 e. The zero-order valence-corrected chi connectivity index (χ0v) is 13.1. The van der Waals surface area contributed by atoms with Crippen molar-refractivity contribution in [2.45, 2.75) is 19.4 Å². The molecule has 1 aromatic heterocycles. The number of morpholine rings is 1. The Hall–Kier alpha value is -1.79. The van der Waals surface area contributed by atoms with Gasteiger partial charge in [0, 0.05) is 24.0 Å². The molecule has 1 aliphatic rings. The van der Waals surface area contributed by atoms with Crippen molar-refractivity contribution in [1.29, 1.82) is 0 Å². The monoisotopic (exact) mass is 320 g/mol. The van der Waals surface area contributed by atoms with Gasteiger partial charge in [-0.2, -0.15) is 0 Å². The number of carbonyl (C=O) groups is 1. The number of nitrogens with zero attached hydrogens (tertiary/aromatic N) is 2. The standard InChI is InChI=1S/C16H17FN2O2S/c1-11-9-19(5-6-21-11)15(20)8-14-10-22-16(18-14)12-3-2-4-13(17)7-12/h2-4,7,10-11H,5-6,8-9H2,1H3. The predicted octanol–water partition coefficient (Wildman–Crippen LogP) is 2.74. The third kappa shape index (κ3) is 3.51. The Morgan fingerprint density at radius 3 is 3.18 bits per heavy atom. The van der Waals surface area contributed by atoms with Crippen molar-refractivity contribution >= 4 is 17.2 Å². The summed E-state index contributed by atoms with van der Waals surface area (Å²) in [5.74, 6) is -0.223. The molecule has 1 fully saturated rings. The molecule has 3 rings (SSSR count). The fourth-order valence-corrected chi connectivity index (χ4v) is 3.27. The zero-order chi connectivity index (χ0) is 15.5. The predicted molar refractivity (Wildman–Crippen MR) is 83.2 cm³/mol. The molecule has 2 aromatic rings. The Morgan fingerprint density at radius 1 is 1.55 bits per heavy atom. The van der Waals surface area contributed by atoms with Crippen molar-refractivity contribution in [3.63, 3.8) is 0 Å². The lowest BCUT2D eigenvalue weighted by Gasteiger charge is -2.31. The van der Waals surface area contributed by atoms with Crippen LogP contribution in [-0.4, -0.2) is 41.6 Å². The fraction of sp³-hybridized carbons (Fsp3) is 0.375. The van der Waals surface area contributed by atoms with Gasteiger partial charge in [-0.1, -0.05) is 12.1 Å². The number of amides is 1. The van der Waals surface area contributed by atoms with Gasteiger partial charge in [-0.05, 0) is 19.1 Å². The maximum atomic E-state index is 13.3. The third-order valence-electron chi connectivity index (χ3n) is 3.55. The van der Waals surface area contributed by atoms with E-state index in [1.54, 1.807) is 6.07 Å². The summed E-state index contributed by atoms with van der Waals surface area (Å²) in [5.41, 5.74) is 1.47. The quantitative estimate of drug-likeness (QED) is 0.873. The van der Waals surface area contributed by atoms with Gasteiger partial charge in [-0.15, -0.1) is 11.3 Å². The van der Waals surface area contributed by atoms with Crippen molar-refractivity contribution in [3.05, 3.63) is 41.2 Å². The number of hydrogen-bond acceptors (Lipinski definition) is 4. The van der Waals surface area contributed by atoms with E-state index >= 15 is 0 Å². The van der Waals surface area contributed by atoms with Crippen LogP contribution in [0.4, 0.5) is 4.39 Å². The first-order chi connectivity index (χ1) is 10.6. The largest absolute Gasteiger partial charge is 0.375 e. The lowest BCUT2D eigenvalue weighted by Crippen LogP contribution is -2.45. The molecule has 1 aromatic carbocycles. The molecule has 4 nitrogen and oxygen atoms in total. The first-order valence-electron chi connectivity index (χ1n) is 7.21. The van der Waals surface area contributed by atoms with Gasteiger partial charge in [0.2, 0.25) is 5.91 Å². The van der Waals surface area contributed by atoms with Gasteiger partial charge in [0.15, 0.2) is 0 Å². The van der Waals surface area contributed by atoms with Gasteiger partial charge < -0.3 is 9.64 Å². The van der Waals surface area contributed by atoms with Crippen molar-refractivity contribution < 1.29 is 13.9 Å². The number of halogens is 1. The van der Waals surface area contributed by atoms with Crippen LogP contribution in [0, 0.1) is 5.82 Å². The van der Waals surface area contributed by atoms with Gasteiger partial charge in [0.1, 0.15) is 10.8 Å². The van der Waals surface area contributed by atoms with E-state index in [-0.39, 0.29) is 24.2 Å². The van der Waals surface area contributed by atoms with Crippen LogP contribution >= 0.6 is 11.3 Å². The summed E-state index contributed by atoms with van der Waals surface area (Å²) in [6.07, 6.45) is 0.356. The van der Waals surface area contributed by atoms with Gasteiger partial charge in [0.25, 0.3) is 0 Å². The first-order valence-corrected chi connectivity index (χ1v) is 8.09. The van der Waals surface area contributed by atoms with Crippen LogP contribution < -0.4 is 0 Å².